The first-order valence-electron chi connectivity index (χ1n) is 27.4. The minimum Gasteiger partial charge on any atom is -0.462 e. The molecule has 61 heavy (non-hydrogen) atoms. The van der Waals surface area contributed by atoms with Crippen molar-refractivity contribution < 1.29 is 28.6 Å². The molecule has 6 heteroatoms. The summed E-state index contributed by atoms with van der Waals surface area (Å²) in [6.45, 7) is 9.05. The van der Waals surface area contributed by atoms with Gasteiger partial charge < -0.3 is 14.2 Å². The van der Waals surface area contributed by atoms with Gasteiger partial charge >= 0.3 is 17.9 Å². The number of hydrogen-bond donors (Lipinski definition) is 0. The summed E-state index contributed by atoms with van der Waals surface area (Å²) < 4.78 is 16.8. The Balaban J connectivity index is 4.29. The zero-order valence-electron chi connectivity index (χ0n) is 41.6. The van der Waals surface area contributed by atoms with Crippen molar-refractivity contribution in [1.82, 2.24) is 0 Å². The highest BCUT2D eigenvalue weighted by Gasteiger charge is 2.19. The van der Waals surface area contributed by atoms with Crippen molar-refractivity contribution in [3.05, 3.63) is 0 Å². The third-order valence-electron chi connectivity index (χ3n) is 12.9. The van der Waals surface area contributed by atoms with E-state index < -0.39 is 6.10 Å². The van der Waals surface area contributed by atoms with E-state index in [4.69, 9.17) is 14.2 Å². The van der Waals surface area contributed by atoms with Crippen LogP contribution in [0.4, 0.5) is 0 Å². The lowest BCUT2D eigenvalue weighted by molar-refractivity contribution is -0.167. The van der Waals surface area contributed by atoms with Crippen LogP contribution in [0, 0.1) is 5.92 Å². The molecule has 0 aromatic rings. The number of hydrogen-bond acceptors (Lipinski definition) is 6. The molecule has 0 spiro atoms. The maximum atomic E-state index is 12.8. The Bertz CT molecular complexity index is 920. The van der Waals surface area contributed by atoms with Crippen LogP contribution < -0.4 is 0 Å². The lowest BCUT2D eigenvalue weighted by Gasteiger charge is -2.18. The summed E-state index contributed by atoms with van der Waals surface area (Å²) in [5, 5.41) is 0. The van der Waals surface area contributed by atoms with Gasteiger partial charge in [0.05, 0.1) is 0 Å². The molecule has 362 valence electrons. The Hall–Kier alpha value is -1.59. The van der Waals surface area contributed by atoms with Gasteiger partial charge in [-0.2, -0.15) is 0 Å². The Kier molecular flexibility index (Phi) is 48.1. The second-order valence-corrected chi connectivity index (χ2v) is 19.1. The average molecular weight is 863 g/mol. The molecule has 0 saturated heterocycles. The molecule has 0 rings (SSSR count). The Morgan fingerprint density at radius 1 is 0.328 bits per heavy atom. The minimum absolute atomic E-state index is 0.0628. The molecule has 0 radical (unpaired) electrons. The fourth-order valence-corrected chi connectivity index (χ4v) is 8.36. The van der Waals surface area contributed by atoms with Crippen LogP contribution >= 0.6 is 0 Å². The number of esters is 3. The van der Waals surface area contributed by atoms with Gasteiger partial charge in [-0.05, 0) is 25.2 Å². The first-order valence-corrected chi connectivity index (χ1v) is 27.4. The second kappa shape index (κ2) is 49.4. The smallest absolute Gasteiger partial charge is 0.306 e. The van der Waals surface area contributed by atoms with Crippen LogP contribution in [-0.4, -0.2) is 37.2 Å². The lowest BCUT2D eigenvalue weighted by Crippen LogP contribution is -2.30. The van der Waals surface area contributed by atoms with Crippen LogP contribution in [-0.2, 0) is 28.6 Å². The molecule has 0 aromatic carbocycles. The Morgan fingerprint density at radius 3 is 0.852 bits per heavy atom. The highest BCUT2D eigenvalue weighted by atomic mass is 16.6. The molecular formula is C55H106O6. The summed E-state index contributed by atoms with van der Waals surface area (Å²) in [6, 6.07) is 0. The van der Waals surface area contributed by atoms with E-state index in [-0.39, 0.29) is 31.1 Å². The van der Waals surface area contributed by atoms with E-state index in [1.807, 2.05) is 0 Å². The van der Waals surface area contributed by atoms with Crippen molar-refractivity contribution in [1.29, 1.82) is 0 Å². The molecule has 0 amide bonds. The standard InChI is InChI=1S/C55H106O6/c1-5-8-10-12-14-16-18-20-22-24-26-28-30-35-39-43-47-54(57)60-50-52(61-55(58)48-44-40-36-32-31-33-37-41-45-51(4)7-3)49-59-53(56)46-42-38-34-29-27-25-23-21-19-17-15-13-11-9-6-2/h51-52H,5-50H2,1-4H3/t51?,52-/m0/s1. The third kappa shape index (κ3) is 47.7. The van der Waals surface area contributed by atoms with Gasteiger partial charge in [0.1, 0.15) is 13.2 Å². The van der Waals surface area contributed by atoms with Crippen molar-refractivity contribution in [2.45, 2.75) is 316 Å². The summed E-state index contributed by atoms with van der Waals surface area (Å²) >= 11 is 0. The maximum absolute atomic E-state index is 12.8. The van der Waals surface area contributed by atoms with Crippen LogP contribution in [0.5, 0.6) is 0 Å². The molecule has 0 aromatic heterocycles. The molecule has 0 fully saturated rings. The van der Waals surface area contributed by atoms with Crippen LogP contribution in [0.3, 0.4) is 0 Å². The lowest BCUT2D eigenvalue weighted by atomic mass is 9.99. The molecule has 0 heterocycles. The molecule has 6 nitrogen and oxygen atoms in total. The number of rotatable bonds is 50. The van der Waals surface area contributed by atoms with Gasteiger partial charge in [-0.1, -0.05) is 272 Å². The molecule has 2 atom stereocenters. The number of carbonyl (C=O) groups excluding carboxylic acids is 3. The average Bonchev–Trinajstić information content (AvgIpc) is 3.26. The minimum atomic E-state index is -0.761. The monoisotopic (exact) mass is 863 g/mol. The first-order chi connectivity index (χ1) is 29.9. The normalized spacial score (nSPS) is 12.4. The fourth-order valence-electron chi connectivity index (χ4n) is 8.36. The van der Waals surface area contributed by atoms with Crippen LogP contribution in [0.1, 0.15) is 310 Å². The van der Waals surface area contributed by atoms with Crippen molar-refractivity contribution in [3.8, 4) is 0 Å². The van der Waals surface area contributed by atoms with Crippen molar-refractivity contribution >= 4 is 17.9 Å². The molecule has 0 bridgehead atoms. The summed E-state index contributed by atoms with van der Waals surface area (Å²) in [7, 11) is 0. The van der Waals surface area contributed by atoms with Gasteiger partial charge in [-0.25, -0.2) is 0 Å². The van der Waals surface area contributed by atoms with E-state index in [1.165, 1.54) is 205 Å². The van der Waals surface area contributed by atoms with E-state index in [0.717, 1.165) is 63.7 Å². The number of carbonyl (C=O) groups is 3. The first kappa shape index (κ1) is 59.4. The van der Waals surface area contributed by atoms with Crippen LogP contribution in [0.25, 0.3) is 0 Å². The topological polar surface area (TPSA) is 78.9 Å². The highest BCUT2D eigenvalue weighted by molar-refractivity contribution is 5.71. The molecular weight excluding hydrogens is 757 g/mol. The quantitative estimate of drug-likeness (QED) is 0.0344. The van der Waals surface area contributed by atoms with Gasteiger partial charge in [0.25, 0.3) is 0 Å². The van der Waals surface area contributed by atoms with Gasteiger partial charge in [-0.3, -0.25) is 14.4 Å². The molecule has 0 aliphatic carbocycles. The van der Waals surface area contributed by atoms with Crippen molar-refractivity contribution in [2.24, 2.45) is 5.92 Å². The zero-order valence-corrected chi connectivity index (χ0v) is 41.6. The summed E-state index contributed by atoms with van der Waals surface area (Å²) in [6.07, 6.45) is 52.3. The molecule has 0 N–H and O–H groups in total. The summed E-state index contributed by atoms with van der Waals surface area (Å²) in [5.41, 5.74) is 0. The van der Waals surface area contributed by atoms with E-state index >= 15 is 0 Å². The SMILES string of the molecule is CCCCCCCCCCCCCCCCCCC(=O)OC[C@H](COC(=O)CCCCCCCCCCCCCCCCC)OC(=O)CCCCCCCCCCC(C)CC. The van der Waals surface area contributed by atoms with Gasteiger partial charge in [0, 0.05) is 19.3 Å². The van der Waals surface area contributed by atoms with Crippen molar-refractivity contribution in [3.63, 3.8) is 0 Å². The largest absolute Gasteiger partial charge is 0.462 e. The fraction of sp³-hybridized carbons (Fsp3) is 0.945. The van der Waals surface area contributed by atoms with Gasteiger partial charge in [-0.15, -0.1) is 0 Å². The maximum Gasteiger partial charge on any atom is 0.306 e. The predicted molar refractivity (Wildman–Crippen MR) is 261 cm³/mol. The predicted octanol–water partition coefficient (Wildman–Crippen LogP) is 17.8. The highest BCUT2D eigenvalue weighted by Crippen LogP contribution is 2.18. The van der Waals surface area contributed by atoms with Gasteiger partial charge in [0.2, 0.25) is 0 Å². The van der Waals surface area contributed by atoms with E-state index in [2.05, 4.69) is 27.7 Å². The Labute approximate surface area is 380 Å². The van der Waals surface area contributed by atoms with Crippen LogP contribution in [0.2, 0.25) is 0 Å². The van der Waals surface area contributed by atoms with E-state index in [0.29, 0.717) is 19.3 Å². The number of ether oxygens (including phenoxy) is 3. The van der Waals surface area contributed by atoms with Crippen molar-refractivity contribution in [2.75, 3.05) is 13.2 Å². The second-order valence-electron chi connectivity index (χ2n) is 19.1. The Morgan fingerprint density at radius 2 is 0.574 bits per heavy atom. The molecule has 0 aliphatic rings. The van der Waals surface area contributed by atoms with Crippen LogP contribution in [0.15, 0.2) is 0 Å². The van der Waals surface area contributed by atoms with Gasteiger partial charge in [0.15, 0.2) is 6.10 Å². The summed E-state index contributed by atoms with van der Waals surface area (Å²) in [5.74, 6) is 0.00328. The zero-order chi connectivity index (χ0) is 44.5. The summed E-state index contributed by atoms with van der Waals surface area (Å²) in [4.78, 5) is 38.0. The third-order valence-corrected chi connectivity index (χ3v) is 12.9. The van der Waals surface area contributed by atoms with E-state index in [1.54, 1.807) is 0 Å². The molecule has 0 saturated carbocycles. The molecule has 0 aliphatic heterocycles. The van der Waals surface area contributed by atoms with E-state index in [9.17, 15) is 14.4 Å². The number of unbranched alkanes of at least 4 members (excludes halogenated alkanes) is 36. The molecule has 1 unspecified atom stereocenters.